The molecule has 1 amide bonds. The van der Waals surface area contributed by atoms with E-state index in [-0.39, 0.29) is 11.7 Å². The highest BCUT2D eigenvalue weighted by molar-refractivity contribution is 6.30. The molecule has 1 unspecified atom stereocenters. The topological polar surface area (TPSA) is 38.3 Å². The molecule has 2 aromatic rings. The summed E-state index contributed by atoms with van der Waals surface area (Å²) in [6.45, 7) is 2.24. The smallest absolute Gasteiger partial charge is 0.230 e. The van der Waals surface area contributed by atoms with Gasteiger partial charge in [-0.3, -0.25) is 4.79 Å². The van der Waals surface area contributed by atoms with Gasteiger partial charge in [-0.2, -0.15) is 0 Å². The second-order valence-electron chi connectivity index (χ2n) is 6.72. The van der Waals surface area contributed by atoms with E-state index in [4.69, 9.17) is 16.3 Å². The fourth-order valence-electron chi connectivity index (χ4n) is 3.07. The molecule has 1 fully saturated rings. The molecule has 0 spiro atoms. The first-order valence-corrected chi connectivity index (χ1v) is 8.63. The van der Waals surface area contributed by atoms with Crippen LogP contribution in [-0.2, 0) is 20.5 Å². The van der Waals surface area contributed by atoms with Crippen molar-refractivity contribution >= 4 is 17.5 Å². The summed E-state index contributed by atoms with van der Waals surface area (Å²) in [5.74, 6) is -0.350. The Labute approximate surface area is 152 Å². The Morgan fingerprint density at radius 1 is 1.28 bits per heavy atom. The molecular formula is C20H21ClFNO2. The van der Waals surface area contributed by atoms with E-state index in [0.29, 0.717) is 11.6 Å². The molecule has 2 aromatic carbocycles. The molecule has 3 rings (SSSR count). The van der Waals surface area contributed by atoms with Crippen molar-refractivity contribution in [2.75, 3.05) is 13.7 Å². The van der Waals surface area contributed by atoms with Crippen LogP contribution in [0.2, 0.25) is 5.02 Å². The number of halogens is 2. The van der Waals surface area contributed by atoms with E-state index in [0.717, 1.165) is 24.0 Å². The molecule has 1 aliphatic rings. The van der Waals surface area contributed by atoms with Crippen LogP contribution in [-0.4, -0.2) is 19.6 Å². The second kappa shape index (κ2) is 6.77. The third-order valence-corrected chi connectivity index (χ3v) is 5.29. The lowest BCUT2D eigenvalue weighted by Gasteiger charge is -2.30. The highest BCUT2D eigenvalue weighted by Crippen LogP contribution is 2.48. The molecule has 1 atom stereocenters. The van der Waals surface area contributed by atoms with E-state index in [9.17, 15) is 9.18 Å². The zero-order valence-electron chi connectivity index (χ0n) is 14.3. The van der Waals surface area contributed by atoms with Gasteiger partial charge in [-0.25, -0.2) is 4.39 Å². The predicted octanol–water partition coefficient (Wildman–Crippen LogP) is 4.19. The highest BCUT2D eigenvalue weighted by atomic mass is 35.5. The van der Waals surface area contributed by atoms with Gasteiger partial charge in [0.25, 0.3) is 0 Å². The third-order valence-electron chi connectivity index (χ3n) is 5.05. The Hall–Kier alpha value is -1.91. The van der Waals surface area contributed by atoms with E-state index in [2.05, 4.69) is 5.32 Å². The lowest BCUT2D eigenvalue weighted by atomic mass is 9.92. The number of carbonyl (C=O) groups excluding carboxylic acids is 1. The lowest BCUT2D eigenvalue weighted by molar-refractivity contribution is -0.125. The first-order chi connectivity index (χ1) is 11.9. The second-order valence-corrected chi connectivity index (χ2v) is 7.15. The first kappa shape index (κ1) is 17.9. The monoisotopic (exact) mass is 361 g/mol. The van der Waals surface area contributed by atoms with Gasteiger partial charge in [-0.1, -0.05) is 35.9 Å². The van der Waals surface area contributed by atoms with E-state index in [1.807, 2.05) is 25.1 Å². The number of ether oxygens (including phenoxy) is 1. The van der Waals surface area contributed by atoms with Crippen LogP contribution in [0.5, 0.6) is 0 Å². The fraction of sp³-hybridized carbons (Fsp3) is 0.350. The summed E-state index contributed by atoms with van der Waals surface area (Å²) < 4.78 is 18.8. The Bertz CT molecular complexity index is 774. The number of benzene rings is 2. The van der Waals surface area contributed by atoms with Gasteiger partial charge in [0.2, 0.25) is 5.91 Å². The van der Waals surface area contributed by atoms with Crippen molar-refractivity contribution in [2.45, 2.75) is 30.8 Å². The van der Waals surface area contributed by atoms with Crippen molar-refractivity contribution in [1.82, 2.24) is 5.32 Å². The van der Waals surface area contributed by atoms with Crippen molar-refractivity contribution in [2.24, 2.45) is 0 Å². The number of amides is 1. The Balaban J connectivity index is 1.73. The molecule has 0 saturated heterocycles. The van der Waals surface area contributed by atoms with Gasteiger partial charge in [0.1, 0.15) is 11.4 Å². The minimum absolute atomic E-state index is 0.0515. The van der Waals surface area contributed by atoms with Gasteiger partial charge >= 0.3 is 0 Å². The van der Waals surface area contributed by atoms with Crippen LogP contribution in [0.15, 0.2) is 48.5 Å². The summed E-state index contributed by atoms with van der Waals surface area (Å²) in [5, 5.41) is 3.63. The maximum atomic E-state index is 13.1. The van der Waals surface area contributed by atoms with E-state index in [1.54, 1.807) is 25.3 Å². The average molecular weight is 362 g/mol. The number of carbonyl (C=O) groups is 1. The molecule has 1 N–H and O–H groups in total. The van der Waals surface area contributed by atoms with Gasteiger partial charge in [0.05, 0.1) is 12.0 Å². The number of hydrogen-bond donors (Lipinski definition) is 1. The summed E-state index contributed by atoms with van der Waals surface area (Å²) in [6.07, 6.45) is 1.54. The lowest BCUT2D eigenvalue weighted by Crippen LogP contribution is -2.44. The van der Waals surface area contributed by atoms with Gasteiger partial charge in [0, 0.05) is 12.1 Å². The summed E-state index contributed by atoms with van der Waals surface area (Å²) in [5.41, 5.74) is 0.526. The molecule has 0 aromatic heterocycles. The van der Waals surface area contributed by atoms with Crippen LogP contribution < -0.4 is 5.32 Å². The van der Waals surface area contributed by atoms with Gasteiger partial charge in [-0.15, -0.1) is 0 Å². The van der Waals surface area contributed by atoms with Crippen molar-refractivity contribution in [3.8, 4) is 0 Å². The minimum Gasteiger partial charge on any atom is -0.372 e. The average Bonchev–Trinajstić information content (AvgIpc) is 3.42. The normalized spacial score (nSPS) is 17.6. The van der Waals surface area contributed by atoms with Crippen LogP contribution in [0.25, 0.3) is 0 Å². The Morgan fingerprint density at radius 3 is 2.52 bits per heavy atom. The molecule has 132 valence electrons. The molecule has 0 heterocycles. The molecule has 1 saturated carbocycles. The fourth-order valence-corrected chi connectivity index (χ4v) is 3.26. The zero-order valence-corrected chi connectivity index (χ0v) is 15.1. The van der Waals surface area contributed by atoms with E-state index in [1.165, 1.54) is 12.1 Å². The van der Waals surface area contributed by atoms with Crippen LogP contribution in [0.4, 0.5) is 4.39 Å². The first-order valence-electron chi connectivity index (χ1n) is 8.25. The zero-order chi connectivity index (χ0) is 18.1. The molecule has 0 bridgehead atoms. The maximum absolute atomic E-state index is 13.1. The summed E-state index contributed by atoms with van der Waals surface area (Å²) in [6, 6.07) is 13.6. The summed E-state index contributed by atoms with van der Waals surface area (Å²) in [4.78, 5) is 12.8. The summed E-state index contributed by atoms with van der Waals surface area (Å²) in [7, 11) is 1.61. The molecule has 1 aliphatic carbocycles. The molecular weight excluding hydrogens is 341 g/mol. The van der Waals surface area contributed by atoms with Crippen LogP contribution >= 0.6 is 11.6 Å². The van der Waals surface area contributed by atoms with Crippen LogP contribution in [0.1, 0.15) is 30.9 Å². The van der Waals surface area contributed by atoms with Crippen molar-refractivity contribution < 1.29 is 13.9 Å². The van der Waals surface area contributed by atoms with Gasteiger partial charge < -0.3 is 10.1 Å². The molecule has 3 nitrogen and oxygen atoms in total. The molecule has 5 heteroatoms. The van der Waals surface area contributed by atoms with Crippen molar-refractivity contribution in [3.63, 3.8) is 0 Å². The largest absolute Gasteiger partial charge is 0.372 e. The maximum Gasteiger partial charge on any atom is 0.230 e. The Morgan fingerprint density at radius 2 is 1.96 bits per heavy atom. The van der Waals surface area contributed by atoms with Crippen LogP contribution in [0.3, 0.4) is 0 Å². The standard InChI is InChI=1S/C20H21ClFNO2/c1-19(25-2,15-4-3-5-16(21)12-15)13-23-18(24)20(10-11-20)14-6-8-17(22)9-7-14/h3-9,12H,10-11,13H2,1-2H3,(H,23,24). The number of rotatable bonds is 6. The number of methoxy groups -OCH3 is 1. The van der Waals surface area contributed by atoms with Gasteiger partial charge in [0.15, 0.2) is 0 Å². The van der Waals surface area contributed by atoms with Crippen LogP contribution in [0, 0.1) is 5.82 Å². The van der Waals surface area contributed by atoms with E-state index < -0.39 is 11.0 Å². The number of hydrogen-bond acceptors (Lipinski definition) is 2. The highest BCUT2D eigenvalue weighted by Gasteiger charge is 2.51. The summed E-state index contributed by atoms with van der Waals surface area (Å²) >= 11 is 6.07. The van der Waals surface area contributed by atoms with Crippen molar-refractivity contribution in [3.05, 3.63) is 70.5 Å². The number of nitrogens with one attached hydrogen (secondary N) is 1. The molecule has 0 aliphatic heterocycles. The van der Waals surface area contributed by atoms with Gasteiger partial charge in [-0.05, 0) is 55.2 Å². The molecule has 0 radical (unpaired) electrons. The Kier molecular flexibility index (Phi) is 4.85. The molecule has 25 heavy (non-hydrogen) atoms. The third kappa shape index (κ3) is 3.55. The van der Waals surface area contributed by atoms with Crippen molar-refractivity contribution in [1.29, 1.82) is 0 Å². The van der Waals surface area contributed by atoms with E-state index >= 15 is 0 Å². The quantitative estimate of drug-likeness (QED) is 0.837. The SMILES string of the molecule is COC(C)(CNC(=O)C1(c2ccc(F)cc2)CC1)c1cccc(Cl)c1. The predicted molar refractivity (Wildman–Crippen MR) is 96.1 cm³/mol. The minimum atomic E-state index is -0.681.